The molecule has 0 aliphatic carbocycles. The zero-order valence-corrected chi connectivity index (χ0v) is 15.1. The Balaban J connectivity index is 1.58. The summed E-state index contributed by atoms with van der Waals surface area (Å²) in [5, 5.41) is 7.78. The highest BCUT2D eigenvalue weighted by molar-refractivity contribution is 5.97. The van der Waals surface area contributed by atoms with E-state index in [1.165, 1.54) is 18.2 Å². The van der Waals surface area contributed by atoms with Crippen molar-refractivity contribution in [3.05, 3.63) is 65.7 Å². The van der Waals surface area contributed by atoms with E-state index in [4.69, 9.17) is 0 Å². The van der Waals surface area contributed by atoms with Crippen molar-refractivity contribution in [1.82, 2.24) is 24.9 Å². The Bertz CT molecular complexity index is 1220. The molecule has 0 bridgehead atoms. The van der Waals surface area contributed by atoms with Crippen LogP contribution in [0.1, 0.15) is 21.9 Å². The summed E-state index contributed by atoms with van der Waals surface area (Å²) in [4.78, 5) is 21.0. The van der Waals surface area contributed by atoms with Crippen molar-refractivity contribution in [2.24, 2.45) is 0 Å². The summed E-state index contributed by atoms with van der Waals surface area (Å²) < 4.78 is 43.2. The molecule has 4 aromatic rings. The van der Waals surface area contributed by atoms with E-state index < -0.39 is 18.0 Å². The first-order valence-electron chi connectivity index (χ1n) is 8.55. The van der Waals surface area contributed by atoms with Crippen molar-refractivity contribution in [2.45, 2.75) is 19.8 Å². The summed E-state index contributed by atoms with van der Waals surface area (Å²) in [5.41, 5.74) is 1.65. The van der Waals surface area contributed by atoms with Gasteiger partial charge in [0.05, 0.1) is 23.3 Å². The standard InChI is InChI=1S/C19H14F3N5O2/c1-11-25-17-13(6-4-8-23-17)15-9-12(26-27(11)15)10-24-18(28)14-5-2-3-7-16(14)29-19(20,21)22/h2-9H,10H2,1H3,(H,24,28). The number of alkyl halides is 3. The molecule has 4 rings (SSSR count). The van der Waals surface area contributed by atoms with Crippen LogP contribution in [0.15, 0.2) is 48.7 Å². The maximum absolute atomic E-state index is 12.5. The van der Waals surface area contributed by atoms with Gasteiger partial charge < -0.3 is 10.1 Å². The Hall–Kier alpha value is -3.69. The van der Waals surface area contributed by atoms with Crippen molar-refractivity contribution < 1.29 is 22.7 Å². The van der Waals surface area contributed by atoms with Crippen LogP contribution in [-0.2, 0) is 6.54 Å². The number of hydrogen-bond acceptors (Lipinski definition) is 5. The number of aromatic nitrogens is 4. The maximum atomic E-state index is 12.5. The van der Waals surface area contributed by atoms with Gasteiger partial charge >= 0.3 is 6.36 Å². The zero-order chi connectivity index (χ0) is 20.6. The second-order valence-corrected chi connectivity index (χ2v) is 6.19. The minimum Gasteiger partial charge on any atom is -0.405 e. The number of rotatable bonds is 4. The Morgan fingerprint density at radius 2 is 2.00 bits per heavy atom. The van der Waals surface area contributed by atoms with Gasteiger partial charge in [-0.1, -0.05) is 12.1 Å². The second kappa shape index (κ2) is 7.04. The number of nitrogens with one attached hydrogen (secondary N) is 1. The third-order valence-corrected chi connectivity index (χ3v) is 4.18. The Morgan fingerprint density at radius 1 is 1.21 bits per heavy atom. The van der Waals surface area contributed by atoms with Gasteiger partial charge in [-0.25, -0.2) is 14.5 Å². The lowest BCUT2D eigenvalue weighted by Crippen LogP contribution is -2.25. The molecule has 0 saturated carbocycles. The molecule has 0 fully saturated rings. The summed E-state index contributed by atoms with van der Waals surface area (Å²) in [7, 11) is 0. The molecule has 0 unspecified atom stereocenters. The van der Waals surface area contributed by atoms with Gasteiger partial charge in [-0.3, -0.25) is 4.79 Å². The average Bonchev–Trinajstić information content (AvgIpc) is 3.11. The monoisotopic (exact) mass is 401 g/mol. The van der Waals surface area contributed by atoms with Gasteiger partial charge in [0.15, 0.2) is 5.65 Å². The molecule has 0 saturated heterocycles. The molecule has 0 radical (unpaired) electrons. The molecule has 148 valence electrons. The van der Waals surface area contributed by atoms with E-state index in [0.29, 0.717) is 17.2 Å². The molecule has 1 aromatic carbocycles. The molecule has 7 nitrogen and oxygen atoms in total. The number of ether oxygens (including phenoxy) is 1. The van der Waals surface area contributed by atoms with Crippen LogP contribution in [0, 0.1) is 6.92 Å². The molecule has 29 heavy (non-hydrogen) atoms. The summed E-state index contributed by atoms with van der Waals surface area (Å²) >= 11 is 0. The van der Waals surface area contributed by atoms with Gasteiger partial charge in [-0.15, -0.1) is 13.2 Å². The SMILES string of the molecule is Cc1nc2ncccc2c2cc(CNC(=O)c3ccccc3OC(F)(F)F)nn12. The number of fused-ring (bicyclic) bond motifs is 3. The van der Waals surface area contributed by atoms with Crippen LogP contribution in [0.2, 0.25) is 0 Å². The molecule has 0 spiro atoms. The number of hydrogen-bond donors (Lipinski definition) is 1. The maximum Gasteiger partial charge on any atom is 0.573 e. The first kappa shape index (κ1) is 18.7. The number of amides is 1. The van der Waals surface area contributed by atoms with Crippen LogP contribution in [-0.4, -0.2) is 31.9 Å². The fraction of sp³-hybridized carbons (Fsp3) is 0.158. The predicted molar refractivity (Wildman–Crippen MR) is 97.3 cm³/mol. The number of para-hydroxylation sites is 1. The van der Waals surface area contributed by atoms with Crippen LogP contribution in [0.25, 0.3) is 16.6 Å². The fourth-order valence-electron chi connectivity index (χ4n) is 2.98. The zero-order valence-electron chi connectivity index (χ0n) is 15.1. The van der Waals surface area contributed by atoms with Crippen molar-refractivity contribution in [3.63, 3.8) is 0 Å². The molecule has 3 heterocycles. The summed E-state index contributed by atoms with van der Waals surface area (Å²) in [6, 6.07) is 10.6. The smallest absolute Gasteiger partial charge is 0.405 e. The highest BCUT2D eigenvalue weighted by Gasteiger charge is 2.32. The number of nitrogens with zero attached hydrogens (tertiary/aromatic N) is 4. The molecule has 0 aliphatic rings. The first-order valence-corrected chi connectivity index (χ1v) is 8.55. The largest absolute Gasteiger partial charge is 0.573 e. The van der Waals surface area contributed by atoms with E-state index in [-0.39, 0.29) is 12.1 Å². The average molecular weight is 401 g/mol. The quantitative estimate of drug-likeness (QED) is 0.567. The van der Waals surface area contributed by atoms with E-state index in [2.05, 4.69) is 25.1 Å². The molecular formula is C19H14F3N5O2. The number of carbonyl (C=O) groups is 1. The minimum atomic E-state index is -4.89. The molecule has 0 aliphatic heterocycles. The number of halogens is 3. The molecule has 1 amide bonds. The van der Waals surface area contributed by atoms with E-state index >= 15 is 0 Å². The molecule has 3 aromatic heterocycles. The second-order valence-electron chi connectivity index (χ2n) is 6.19. The van der Waals surface area contributed by atoms with E-state index in [1.807, 2.05) is 6.07 Å². The van der Waals surface area contributed by atoms with Gasteiger partial charge in [0, 0.05) is 11.6 Å². The van der Waals surface area contributed by atoms with Crippen LogP contribution < -0.4 is 10.1 Å². The first-order chi connectivity index (χ1) is 13.8. The Morgan fingerprint density at radius 3 is 2.79 bits per heavy atom. The third-order valence-electron chi connectivity index (χ3n) is 4.18. The van der Waals surface area contributed by atoms with Crippen molar-refractivity contribution in [2.75, 3.05) is 0 Å². The summed E-state index contributed by atoms with van der Waals surface area (Å²) in [6.45, 7) is 1.79. The van der Waals surface area contributed by atoms with Crippen LogP contribution >= 0.6 is 0 Å². The fourth-order valence-corrected chi connectivity index (χ4v) is 2.98. The van der Waals surface area contributed by atoms with Gasteiger partial charge in [-0.05, 0) is 37.3 Å². The van der Waals surface area contributed by atoms with Crippen molar-refractivity contribution in [3.8, 4) is 5.75 Å². The van der Waals surface area contributed by atoms with E-state index in [1.54, 1.807) is 29.8 Å². The van der Waals surface area contributed by atoms with Crippen LogP contribution in [0.4, 0.5) is 13.2 Å². The Kier molecular flexibility index (Phi) is 4.53. The van der Waals surface area contributed by atoms with Gasteiger partial charge in [-0.2, -0.15) is 5.10 Å². The number of carbonyl (C=O) groups excluding carboxylic acids is 1. The highest BCUT2D eigenvalue weighted by atomic mass is 19.4. The minimum absolute atomic E-state index is 0.0159. The number of pyridine rings is 1. The van der Waals surface area contributed by atoms with Crippen LogP contribution in [0.5, 0.6) is 5.75 Å². The van der Waals surface area contributed by atoms with E-state index in [0.717, 1.165) is 17.0 Å². The number of aryl methyl sites for hydroxylation is 1. The topological polar surface area (TPSA) is 81.4 Å². The number of benzene rings is 1. The Labute approximate surface area is 162 Å². The lowest BCUT2D eigenvalue weighted by Gasteiger charge is -2.12. The lowest BCUT2D eigenvalue weighted by atomic mass is 10.2. The van der Waals surface area contributed by atoms with Crippen molar-refractivity contribution >= 4 is 22.5 Å². The van der Waals surface area contributed by atoms with Crippen LogP contribution in [0.3, 0.4) is 0 Å². The predicted octanol–water partition coefficient (Wildman–Crippen LogP) is 3.41. The van der Waals surface area contributed by atoms with Crippen molar-refractivity contribution in [1.29, 1.82) is 0 Å². The summed E-state index contributed by atoms with van der Waals surface area (Å²) in [6.07, 6.45) is -3.25. The molecule has 10 heteroatoms. The lowest BCUT2D eigenvalue weighted by molar-refractivity contribution is -0.274. The van der Waals surface area contributed by atoms with Gasteiger partial charge in [0.2, 0.25) is 0 Å². The molecule has 0 atom stereocenters. The highest BCUT2D eigenvalue weighted by Crippen LogP contribution is 2.26. The third kappa shape index (κ3) is 3.82. The molecule has 1 N–H and O–H groups in total. The van der Waals surface area contributed by atoms with Gasteiger partial charge in [0.1, 0.15) is 11.6 Å². The van der Waals surface area contributed by atoms with E-state index in [9.17, 15) is 18.0 Å². The summed E-state index contributed by atoms with van der Waals surface area (Å²) in [5.74, 6) is -0.652. The molecular weight excluding hydrogens is 387 g/mol. The normalized spacial score (nSPS) is 11.7. The van der Waals surface area contributed by atoms with Gasteiger partial charge in [0.25, 0.3) is 5.91 Å².